The van der Waals surface area contributed by atoms with E-state index in [4.69, 9.17) is 16.3 Å². The van der Waals surface area contributed by atoms with Gasteiger partial charge in [0.15, 0.2) is 12.9 Å². The van der Waals surface area contributed by atoms with Gasteiger partial charge in [-0.05, 0) is 24.6 Å². The van der Waals surface area contributed by atoms with Gasteiger partial charge in [-0.3, -0.25) is 14.6 Å². The highest BCUT2D eigenvalue weighted by Crippen LogP contribution is 2.34. The molecule has 3 rings (SSSR count). The first-order valence-corrected chi connectivity index (χ1v) is 8.49. The van der Waals surface area contributed by atoms with Gasteiger partial charge in [0.05, 0.1) is 6.04 Å². The summed E-state index contributed by atoms with van der Waals surface area (Å²) >= 11 is 6.09. The summed E-state index contributed by atoms with van der Waals surface area (Å²) in [5.74, 6) is -3.34. The number of hydrogen-bond donors (Lipinski definition) is 0. The van der Waals surface area contributed by atoms with Crippen LogP contribution in [0, 0.1) is 0 Å². The van der Waals surface area contributed by atoms with E-state index in [9.17, 15) is 18.4 Å². The van der Waals surface area contributed by atoms with E-state index in [2.05, 4.69) is 9.97 Å². The minimum atomic E-state index is -3.00. The zero-order chi connectivity index (χ0) is 19.8. The zero-order valence-corrected chi connectivity index (χ0v) is 15.3. The first-order chi connectivity index (χ1) is 12.7. The van der Waals surface area contributed by atoms with Crippen LogP contribution >= 0.6 is 11.6 Å². The third-order valence-corrected chi connectivity index (χ3v) is 4.53. The lowest BCUT2D eigenvalue weighted by molar-refractivity contribution is -0.0242. The third-order valence-electron chi connectivity index (χ3n) is 4.26. The number of alkyl halides is 2. The zero-order valence-electron chi connectivity index (χ0n) is 14.6. The fourth-order valence-electron chi connectivity index (χ4n) is 2.84. The number of amides is 1. The quantitative estimate of drug-likeness (QED) is 0.697. The lowest BCUT2D eigenvalue weighted by Gasteiger charge is -2.25. The molecular formula is C18H16ClF2N3O3. The number of pyridine rings is 2. The SMILES string of the molecule is CC(c1cnc(OCC(C)(F)F)c(Cl)c1)N1Cc2c(ccnc2C=O)C1=O. The summed E-state index contributed by atoms with van der Waals surface area (Å²) in [5.41, 5.74) is 1.85. The molecule has 0 bridgehead atoms. The predicted molar refractivity (Wildman–Crippen MR) is 93.3 cm³/mol. The summed E-state index contributed by atoms with van der Waals surface area (Å²) in [6.07, 6.45) is 3.46. The highest BCUT2D eigenvalue weighted by Gasteiger charge is 2.33. The second-order valence-corrected chi connectivity index (χ2v) is 6.77. The van der Waals surface area contributed by atoms with Gasteiger partial charge in [0.2, 0.25) is 5.88 Å². The van der Waals surface area contributed by atoms with Crippen molar-refractivity contribution in [2.45, 2.75) is 32.4 Å². The Bertz CT molecular complexity index is 902. The fraction of sp³-hybridized carbons (Fsp3) is 0.333. The van der Waals surface area contributed by atoms with E-state index < -0.39 is 18.6 Å². The van der Waals surface area contributed by atoms with Gasteiger partial charge in [-0.2, -0.15) is 0 Å². The van der Waals surface area contributed by atoms with Crippen LogP contribution < -0.4 is 4.74 Å². The van der Waals surface area contributed by atoms with Crippen LogP contribution in [0.25, 0.3) is 0 Å². The highest BCUT2D eigenvalue weighted by molar-refractivity contribution is 6.31. The molecule has 0 spiro atoms. The number of rotatable bonds is 6. The smallest absolute Gasteiger partial charge is 0.278 e. The Morgan fingerprint density at radius 1 is 1.44 bits per heavy atom. The average Bonchev–Trinajstić information content (AvgIpc) is 2.96. The number of halogens is 3. The number of aromatic nitrogens is 2. The maximum absolute atomic E-state index is 12.9. The molecule has 27 heavy (non-hydrogen) atoms. The molecule has 9 heteroatoms. The van der Waals surface area contributed by atoms with E-state index >= 15 is 0 Å². The molecule has 0 aliphatic carbocycles. The molecule has 2 aromatic heterocycles. The number of aldehydes is 1. The Hall–Kier alpha value is -2.61. The maximum atomic E-state index is 12.9. The molecule has 0 fully saturated rings. The molecule has 1 aliphatic heterocycles. The summed E-state index contributed by atoms with van der Waals surface area (Å²) in [6.45, 7) is 1.91. The number of ether oxygens (including phenoxy) is 1. The lowest BCUT2D eigenvalue weighted by Crippen LogP contribution is -2.27. The summed E-state index contributed by atoms with van der Waals surface area (Å²) in [7, 11) is 0. The van der Waals surface area contributed by atoms with E-state index in [0.29, 0.717) is 23.0 Å². The van der Waals surface area contributed by atoms with Crippen molar-refractivity contribution in [3.8, 4) is 5.88 Å². The highest BCUT2D eigenvalue weighted by atomic mass is 35.5. The molecule has 142 valence electrons. The number of carbonyl (C=O) groups excluding carboxylic acids is 2. The fourth-order valence-corrected chi connectivity index (χ4v) is 3.07. The first kappa shape index (κ1) is 19.2. The van der Waals surface area contributed by atoms with Crippen molar-refractivity contribution in [3.05, 3.63) is 51.9 Å². The molecule has 1 amide bonds. The molecule has 1 unspecified atom stereocenters. The van der Waals surface area contributed by atoms with Gasteiger partial charge >= 0.3 is 0 Å². The van der Waals surface area contributed by atoms with Gasteiger partial charge in [0.25, 0.3) is 11.8 Å². The van der Waals surface area contributed by atoms with Gasteiger partial charge in [0, 0.05) is 37.0 Å². The van der Waals surface area contributed by atoms with Crippen LogP contribution in [-0.2, 0) is 6.54 Å². The van der Waals surface area contributed by atoms with Crippen LogP contribution in [0.15, 0.2) is 24.5 Å². The molecule has 0 saturated heterocycles. The number of carbonyl (C=O) groups is 2. The number of fused-ring (bicyclic) bond motifs is 1. The Morgan fingerprint density at radius 2 is 2.19 bits per heavy atom. The normalized spacial score (nSPS) is 14.9. The van der Waals surface area contributed by atoms with Crippen LogP contribution in [0.1, 0.15) is 51.9 Å². The predicted octanol–water partition coefficient (Wildman–Crippen LogP) is 3.69. The van der Waals surface area contributed by atoms with Gasteiger partial charge in [-0.25, -0.2) is 13.8 Å². The van der Waals surface area contributed by atoms with Gasteiger partial charge in [-0.1, -0.05) is 11.6 Å². The molecule has 0 saturated carbocycles. The molecule has 6 nitrogen and oxygen atoms in total. The lowest BCUT2D eigenvalue weighted by atomic mass is 10.1. The van der Waals surface area contributed by atoms with E-state index in [1.807, 2.05) is 0 Å². The van der Waals surface area contributed by atoms with Crippen molar-refractivity contribution in [3.63, 3.8) is 0 Å². The van der Waals surface area contributed by atoms with Crippen molar-refractivity contribution >= 4 is 23.8 Å². The van der Waals surface area contributed by atoms with Crippen LogP contribution in [0.5, 0.6) is 5.88 Å². The molecule has 0 aromatic carbocycles. The summed E-state index contributed by atoms with van der Waals surface area (Å²) < 4.78 is 30.8. The molecular weight excluding hydrogens is 380 g/mol. The van der Waals surface area contributed by atoms with Crippen molar-refractivity contribution in [2.24, 2.45) is 0 Å². The molecule has 1 atom stereocenters. The summed E-state index contributed by atoms with van der Waals surface area (Å²) in [6, 6.07) is 2.69. The molecule has 2 aromatic rings. The van der Waals surface area contributed by atoms with Crippen molar-refractivity contribution in [2.75, 3.05) is 6.61 Å². The van der Waals surface area contributed by atoms with Gasteiger partial charge < -0.3 is 9.64 Å². The number of nitrogens with zero attached hydrogens (tertiary/aromatic N) is 3. The van der Waals surface area contributed by atoms with Crippen LogP contribution in [0.2, 0.25) is 5.02 Å². The largest absolute Gasteiger partial charge is 0.470 e. The molecule has 3 heterocycles. The standard InChI is InChI=1S/C18H16ClF2N3O3/c1-10(11-5-14(19)16(23-6-11)27-9-18(2,20)21)24-7-13-12(17(24)26)3-4-22-15(13)8-25/h3-6,8,10H,7,9H2,1-2H3. The molecule has 0 N–H and O–H groups in total. The summed E-state index contributed by atoms with van der Waals surface area (Å²) in [4.78, 5) is 33.3. The van der Waals surface area contributed by atoms with E-state index in [1.165, 1.54) is 18.5 Å². The van der Waals surface area contributed by atoms with Crippen molar-refractivity contribution in [1.82, 2.24) is 14.9 Å². The third kappa shape index (κ3) is 3.90. The van der Waals surface area contributed by atoms with Crippen molar-refractivity contribution < 1.29 is 23.1 Å². The maximum Gasteiger partial charge on any atom is 0.278 e. The van der Waals surface area contributed by atoms with E-state index in [-0.39, 0.29) is 29.0 Å². The van der Waals surface area contributed by atoms with E-state index in [1.54, 1.807) is 17.9 Å². The Kier molecular flexibility index (Phi) is 5.10. The minimum absolute atomic E-state index is 0.0722. The Balaban J connectivity index is 1.81. The van der Waals surface area contributed by atoms with Crippen LogP contribution in [0.4, 0.5) is 8.78 Å². The van der Waals surface area contributed by atoms with Crippen LogP contribution in [-0.4, -0.2) is 39.6 Å². The van der Waals surface area contributed by atoms with E-state index in [0.717, 1.165) is 6.92 Å². The summed E-state index contributed by atoms with van der Waals surface area (Å²) in [5, 5.41) is 0.0722. The second kappa shape index (κ2) is 7.19. The van der Waals surface area contributed by atoms with Gasteiger partial charge in [0.1, 0.15) is 10.7 Å². The molecule has 0 radical (unpaired) electrons. The van der Waals surface area contributed by atoms with Crippen LogP contribution in [0.3, 0.4) is 0 Å². The first-order valence-electron chi connectivity index (χ1n) is 8.11. The van der Waals surface area contributed by atoms with Gasteiger partial charge in [-0.15, -0.1) is 0 Å². The minimum Gasteiger partial charge on any atom is -0.470 e. The number of hydrogen-bond acceptors (Lipinski definition) is 5. The topological polar surface area (TPSA) is 72.4 Å². The Morgan fingerprint density at radius 3 is 2.81 bits per heavy atom. The monoisotopic (exact) mass is 395 g/mol. The second-order valence-electron chi connectivity index (χ2n) is 6.36. The average molecular weight is 396 g/mol. The molecule has 1 aliphatic rings. The Labute approximate surface area is 159 Å². The van der Waals surface area contributed by atoms with Crippen molar-refractivity contribution in [1.29, 1.82) is 0 Å².